The minimum absolute atomic E-state index is 0.0970. The molecule has 0 saturated carbocycles. The molecule has 1 aromatic rings. The van der Waals surface area contributed by atoms with Crippen molar-refractivity contribution in [2.75, 3.05) is 13.1 Å². The SMILES string of the molecule is CC(CNCC(F)(F)F)N1Cc2ccccc2C1. The Kier molecular flexibility index (Phi) is 3.92. The molecule has 18 heavy (non-hydrogen) atoms. The van der Waals surface area contributed by atoms with Crippen LogP contribution >= 0.6 is 0 Å². The van der Waals surface area contributed by atoms with Crippen LogP contribution in [0, 0.1) is 0 Å². The molecule has 0 amide bonds. The van der Waals surface area contributed by atoms with Crippen LogP contribution in [0.2, 0.25) is 0 Å². The Morgan fingerprint density at radius 3 is 2.28 bits per heavy atom. The summed E-state index contributed by atoms with van der Waals surface area (Å²) < 4.78 is 36.1. The van der Waals surface area contributed by atoms with Gasteiger partial charge in [-0.3, -0.25) is 4.90 Å². The number of nitrogens with zero attached hydrogens (tertiary/aromatic N) is 1. The number of benzene rings is 1. The zero-order valence-electron chi connectivity index (χ0n) is 10.3. The van der Waals surface area contributed by atoms with Crippen molar-refractivity contribution >= 4 is 0 Å². The summed E-state index contributed by atoms with van der Waals surface area (Å²) in [6.07, 6.45) is -4.13. The lowest BCUT2D eigenvalue weighted by molar-refractivity contribution is -0.125. The van der Waals surface area contributed by atoms with Crippen molar-refractivity contribution in [3.63, 3.8) is 0 Å². The molecule has 1 aliphatic heterocycles. The topological polar surface area (TPSA) is 15.3 Å². The van der Waals surface area contributed by atoms with E-state index < -0.39 is 12.7 Å². The first-order valence-electron chi connectivity index (χ1n) is 6.04. The van der Waals surface area contributed by atoms with Crippen LogP contribution in [0.3, 0.4) is 0 Å². The van der Waals surface area contributed by atoms with Gasteiger partial charge in [-0.2, -0.15) is 13.2 Å². The molecule has 1 atom stereocenters. The second-order valence-electron chi connectivity index (χ2n) is 4.77. The van der Waals surface area contributed by atoms with Crippen molar-refractivity contribution in [3.8, 4) is 0 Å². The molecule has 1 unspecified atom stereocenters. The first-order valence-corrected chi connectivity index (χ1v) is 6.04. The largest absolute Gasteiger partial charge is 0.401 e. The molecule has 2 rings (SSSR count). The minimum atomic E-state index is -4.13. The number of alkyl halides is 3. The molecule has 0 spiro atoms. The van der Waals surface area contributed by atoms with Crippen LogP contribution < -0.4 is 5.32 Å². The summed E-state index contributed by atoms with van der Waals surface area (Å²) in [4.78, 5) is 2.19. The Hall–Kier alpha value is -1.07. The molecule has 100 valence electrons. The zero-order chi connectivity index (χ0) is 13.2. The molecule has 5 heteroatoms. The molecule has 1 heterocycles. The Labute approximate surface area is 105 Å². The molecule has 1 aromatic carbocycles. The van der Waals surface area contributed by atoms with E-state index >= 15 is 0 Å². The predicted octanol–water partition coefficient (Wildman–Crippen LogP) is 2.54. The number of halogens is 3. The van der Waals surface area contributed by atoms with E-state index in [1.54, 1.807) is 0 Å². The van der Waals surface area contributed by atoms with Crippen LogP contribution in [0.25, 0.3) is 0 Å². The summed E-state index contributed by atoms with van der Waals surface area (Å²) in [5.74, 6) is 0. The highest BCUT2D eigenvalue weighted by atomic mass is 19.4. The molecule has 0 bridgehead atoms. The summed E-state index contributed by atoms with van der Waals surface area (Å²) in [6, 6.07) is 8.24. The van der Waals surface area contributed by atoms with Crippen LogP contribution in [0.5, 0.6) is 0 Å². The summed E-state index contributed by atoms with van der Waals surface area (Å²) >= 11 is 0. The lowest BCUT2D eigenvalue weighted by Crippen LogP contribution is -2.40. The minimum Gasteiger partial charge on any atom is -0.307 e. The van der Waals surface area contributed by atoms with E-state index in [-0.39, 0.29) is 6.04 Å². The van der Waals surface area contributed by atoms with Crippen molar-refractivity contribution in [2.24, 2.45) is 0 Å². The standard InChI is InChI=1S/C13H17F3N2/c1-10(6-17-9-13(14,15)16)18-7-11-4-2-3-5-12(11)8-18/h2-5,10,17H,6-9H2,1H3. The molecule has 2 nitrogen and oxygen atoms in total. The Morgan fingerprint density at radius 2 is 1.78 bits per heavy atom. The summed E-state index contributed by atoms with van der Waals surface area (Å²) in [6.45, 7) is 3.04. The average molecular weight is 258 g/mol. The lowest BCUT2D eigenvalue weighted by atomic mass is 10.1. The van der Waals surface area contributed by atoms with Crippen LogP contribution in [-0.4, -0.2) is 30.2 Å². The van der Waals surface area contributed by atoms with E-state index in [4.69, 9.17) is 0 Å². The number of hydrogen-bond donors (Lipinski definition) is 1. The Bertz CT molecular complexity index is 378. The van der Waals surface area contributed by atoms with E-state index in [1.165, 1.54) is 11.1 Å². The number of hydrogen-bond acceptors (Lipinski definition) is 2. The highest BCUT2D eigenvalue weighted by Gasteiger charge is 2.28. The monoisotopic (exact) mass is 258 g/mol. The lowest BCUT2D eigenvalue weighted by Gasteiger charge is -2.24. The third-order valence-corrected chi connectivity index (χ3v) is 3.25. The highest BCUT2D eigenvalue weighted by molar-refractivity contribution is 5.30. The molecule has 0 aromatic heterocycles. The van der Waals surface area contributed by atoms with Crippen molar-refractivity contribution < 1.29 is 13.2 Å². The number of fused-ring (bicyclic) bond motifs is 1. The Balaban J connectivity index is 1.81. The average Bonchev–Trinajstić information content (AvgIpc) is 2.70. The van der Waals surface area contributed by atoms with E-state index in [1.807, 2.05) is 19.1 Å². The maximum absolute atomic E-state index is 12.0. The van der Waals surface area contributed by atoms with Gasteiger partial charge in [-0.25, -0.2) is 0 Å². The third kappa shape index (κ3) is 3.46. The van der Waals surface area contributed by atoms with Gasteiger partial charge in [0.2, 0.25) is 0 Å². The van der Waals surface area contributed by atoms with Crippen LogP contribution in [-0.2, 0) is 13.1 Å². The van der Waals surface area contributed by atoms with Crippen LogP contribution in [0.1, 0.15) is 18.1 Å². The van der Waals surface area contributed by atoms with Gasteiger partial charge >= 0.3 is 6.18 Å². The van der Waals surface area contributed by atoms with Gasteiger partial charge < -0.3 is 5.32 Å². The van der Waals surface area contributed by atoms with Gasteiger partial charge in [-0.05, 0) is 18.1 Å². The molecular formula is C13H17F3N2. The van der Waals surface area contributed by atoms with Gasteiger partial charge in [-0.1, -0.05) is 24.3 Å². The van der Waals surface area contributed by atoms with Crippen LogP contribution in [0.4, 0.5) is 13.2 Å². The van der Waals surface area contributed by atoms with Gasteiger partial charge in [0, 0.05) is 25.7 Å². The van der Waals surface area contributed by atoms with Gasteiger partial charge in [-0.15, -0.1) is 0 Å². The maximum Gasteiger partial charge on any atom is 0.401 e. The Morgan fingerprint density at radius 1 is 1.22 bits per heavy atom. The van der Waals surface area contributed by atoms with Gasteiger partial charge in [0.1, 0.15) is 0 Å². The van der Waals surface area contributed by atoms with Crippen molar-refractivity contribution in [1.82, 2.24) is 10.2 Å². The summed E-state index contributed by atoms with van der Waals surface area (Å²) in [7, 11) is 0. The molecule has 0 saturated heterocycles. The molecule has 0 radical (unpaired) electrons. The molecular weight excluding hydrogens is 241 g/mol. The second kappa shape index (κ2) is 5.28. The quantitative estimate of drug-likeness (QED) is 0.892. The van der Waals surface area contributed by atoms with E-state index in [2.05, 4.69) is 22.3 Å². The van der Waals surface area contributed by atoms with Crippen molar-refractivity contribution in [2.45, 2.75) is 32.2 Å². The van der Waals surface area contributed by atoms with E-state index in [0.29, 0.717) is 6.54 Å². The fourth-order valence-electron chi connectivity index (χ4n) is 2.22. The van der Waals surface area contributed by atoms with E-state index in [0.717, 1.165) is 13.1 Å². The highest BCUT2D eigenvalue weighted by Crippen LogP contribution is 2.23. The normalized spacial score (nSPS) is 17.8. The maximum atomic E-state index is 12.0. The molecule has 1 N–H and O–H groups in total. The zero-order valence-corrected chi connectivity index (χ0v) is 10.3. The van der Waals surface area contributed by atoms with E-state index in [9.17, 15) is 13.2 Å². The smallest absolute Gasteiger partial charge is 0.307 e. The van der Waals surface area contributed by atoms with Gasteiger partial charge in [0.05, 0.1) is 6.54 Å². The van der Waals surface area contributed by atoms with Crippen molar-refractivity contribution in [1.29, 1.82) is 0 Å². The fraction of sp³-hybridized carbons (Fsp3) is 0.538. The molecule has 0 fully saturated rings. The first-order chi connectivity index (χ1) is 8.46. The first kappa shape index (κ1) is 13.4. The van der Waals surface area contributed by atoms with Crippen LogP contribution in [0.15, 0.2) is 24.3 Å². The second-order valence-corrected chi connectivity index (χ2v) is 4.77. The summed E-state index contributed by atoms with van der Waals surface area (Å²) in [5, 5.41) is 2.46. The fourth-order valence-corrected chi connectivity index (χ4v) is 2.22. The number of nitrogens with one attached hydrogen (secondary N) is 1. The van der Waals surface area contributed by atoms with Crippen molar-refractivity contribution in [3.05, 3.63) is 35.4 Å². The summed E-state index contributed by atoms with van der Waals surface area (Å²) in [5.41, 5.74) is 2.56. The van der Waals surface area contributed by atoms with Gasteiger partial charge in [0.25, 0.3) is 0 Å². The number of rotatable bonds is 4. The third-order valence-electron chi connectivity index (χ3n) is 3.25. The predicted molar refractivity (Wildman–Crippen MR) is 64.1 cm³/mol. The molecule has 1 aliphatic rings. The van der Waals surface area contributed by atoms with Gasteiger partial charge in [0.15, 0.2) is 0 Å². The molecule has 0 aliphatic carbocycles.